The first kappa shape index (κ1) is 17.2. The zero-order valence-electron chi connectivity index (χ0n) is 14.1. The predicted molar refractivity (Wildman–Crippen MR) is 95.4 cm³/mol. The van der Waals surface area contributed by atoms with E-state index in [1.165, 1.54) is 0 Å². The molecule has 2 heterocycles. The summed E-state index contributed by atoms with van der Waals surface area (Å²) in [6, 6.07) is 5.63. The second kappa shape index (κ2) is 7.11. The number of nitrogens with one attached hydrogen (secondary N) is 2. The Morgan fingerprint density at radius 3 is 2.75 bits per heavy atom. The molecule has 0 saturated carbocycles. The van der Waals surface area contributed by atoms with E-state index in [-0.39, 0.29) is 29.8 Å². The lowest BCUT2D eigenvalue weighted by atomic mass is 10.1. The lowest BCUT2D eigenvalue weighted by Crippen LogP contribution is -2.42. The van der Waals surface area contributed by atoms with Gasteiger partial charge in [0.05, 0.1) is 10.6 Å². The molecule has 2 fully saturated rings. The molecule has 2 N–H and O–H groups in total. The van der Waals surface area contributed by atoms with Gasteiger partial charge in [-0.2, -0.15) is 0 Å². The maximum absolute atomic E-state index is 13.1. The maximum Gasteiger partial charge on any atom is 0.255 e. The number of hydrogen-bond donors (Lipinski definition) is 2. The van der Waals surface area contributed by atoms with E-state index in [2.05, 4.69) is 10.6 Å². The first-order valence-corrected chi connectivity index (χ1v) is 8.99. The molecule has 0 aromatic heterocycles. The number of carbonyl (C=O) groups is 2. The largest absolute Gasteiger partial charge is 0.331 e. The van der Waals surface area contributed by atoms with Crippen LogP contribution in [-0.2, 0) is 4.79 Å². The zero-order valence-corrected chi connectivity index (χ0v) is 14.9. The molecule has 6 heteroatoms. The van der Waals surface area contributed by atoms with Gasteiger partial charge in [0.2, 0.25) is 5.91 Å². The monoisotopic (exact) mass is 349 g/mol. The predicted octanol–water partition coefficient (Wildman–Crippen LogP) is 2.90. The molecule has 0 spiro atoms. The van der Waals surface area contributed by atoms with Crippen LogP contribution in [0.1, 0.15) is 43.5 Å². The van der Waals surface area contributed by atoms with Crippen LogP contribution in [0, 0.1) is 5.92 Å². The van der Waals surface area contributed by atoms with Crippen LogP contribution in [0.25, 0.3) is 0 Å². The zero-order chi connectivity index (χ0) is 17.3. The van der Waals surface area contributed by atoms with Crippen LogP contribution in [0.4, 0.5) is 5.69 Å². The molecule has 1 aromatic carbocycles. The summed E-state index contributed by atoms with van der Waals surface area (Å²) >= 11 is 6.29. The van der Waals surface area contributed by atoms with Crippen molar-refractivity contribution < 1.29 is 9.59 Å². The van der Waals surface area contributed by atoms with E-state index >= 15 is 0 Å². The van der Waals surface area contributed by atoms with Crippen molar-refractivity contribution in [1.82, 2.24) is 10.2 Å². The average Bonchev–Trinajstić information content (AvgIpc) is 2.81. The smallest absolute Gasteiger partial charge is 0.255 e. The van der Waals surface area contributed by atoms with E-state index in [1.54, 1.807) is 18.2 Å². The van der Waals surface area contributed by atoms with Crippen molar-refractivity contribution in [2.75, 3.05) is 18.4 Å². The number of anilines is 1. The van der Waals surface area contributed by atoms with E-state index in [0.717, 1.165) is 32.4 Å². The molecule has 2 bridgehead atoms. The number of fused-ring (bicyclic) bond motifs is 2. The van der Waals surface area contributed by atoms with Gasteiger partial charge in [-0.05, 0) is 44.0 Å². The lowest BCUT2D eigenvalue weighted by molar-refractivity contribution is -0.118. The first-order valence-electron chi connectivity index (χ1n) is 8.61. The fraction of sp³-hybridized carbons (Fsp3) is 0.556. The number of amides is 2. The number of rotatable bonds is 3. The van der Waals surface area contributed by atoms with Crippen molar-refractivity contribution in [2.24, 2.45) is 5.92 Å². The van der Waals surface area contributed by atoms with Crippen molar-refractivity contribution in [3.05, 3.63) is 28.8 Å². The fourth-order valence-electron chi connectivity index (χ4n) is 3.51. The van der Waals surface area contributed by atoms with Crippen LogP contribution in [0.2, 0.25) is 5.02 Å². The summed E-state index contributed by atoms with van der Waals surface area (Å²) in [6.45, 7) is 5.45. The van der Waals surface area contributed by atoms with Gasteiger partial charge in [0.15, 0.2) is 0 Å². The molecule has 1 aromatic rings. The molecular formula is C18H24ClN3O2. The van der Waals surface area contributed by atoms with Gasteiger partial charge in [0.1, 0.15) is 0 Å². The Kier molecular flexibility index (Phi) is 5.11. The number of nitrogens with zero attached hydrogens (tertiary/aromatic N) is 1. The van der Waals surface area contributed by atoms with Gasteiger partial charge in [-0.15, -0.1) is 0 Å². The summed E-state index contributed by atoms with van der Waals surface area (Å²) < 4.78 is 0. The van der Waals surface area contributed by atoms with E-state index in [1.807, 2.05) is 18.7 Å². The highest BCUT2D eigenvalue weighted by Gasteiger charge is 2.38. The molecule has 130 valence electrons. The Bertz CT molecular complexity index is 633. The minimum absolute atomic E-state index is 0.0307. The lowest BCUT2D eigenvalue weighted by Gasteiger charge is -2.28. The molecular weight excluding hydrogens is 326 g/mol. The Hall–Kier alpha value is -1.59. The number of benzene rings is 1. The molecule has 0 aliphatic carbocycles. The van der Waals surface area contributed by atoms with E-state index in [4.69, 9.17) is 11.6 Å². The third-order valence-electron chi connectivity index (χ3n) is 4.88. The molecule has 0 radical (unpaired) electrons. The van der Waals surface area contributed by atoms with Gasteiger partial charge < -0.3 is 15.5 Å². The Morgan fingerprint density at radius 1 is 1.25 bits per heavy atom. The molecule has 5 nitrogen and oxygen atoms in total. The standard InChI is InChI=1S/C18H24ClN3O2/c1-11(2)17(23)21-12-3-6-16(19)15(9-12)18(24)22-13-4-5-14(22)10-20-8-7-13/h3,6,9,11,13-14,20H,4-5,7-8,10H2,1-2H3,(H,21,23). The van der Waals surface area contributed by atoms with Gasteiger partial charge in [0, 0.05) is 30.2 Å². The van der Waals surface area contributed by atoms with E-state index < -0.39 is 0 Å². The van der Waals surface area contributed by atoms with Crippen molar-refractivity contribution in [1.29, 1.82) is 0 Å². The number of hydrogen-bond acceptors (Lipinski definition) is 3. The van der Waals surface area contributed by atoms with Crippen molar-refractivity contribution in [3.8, 4) is 0 Å². The fourth-order valence-corrected chi connectivity index (χ4v) is 3.70. The molecule has 2 amide bonds. The molecule has 2 atom stereocenters. The van der Waals surface area contributed by atoms with Crippen LogP contribution >= 0.6 is 11.6 Å². The first-order chi connectivity index (χ1) is 11.5. The summed E-state index contributed by atoms with van der Waals surface area (Å²) in [6.07, 6.45) is 3.06. The highest BCUT2D eigenvalue weighted by Crippen LogP contribution is 2.32. The number of halogens is 1. The molecule has 2 unspecified atom stereocenters. The molecule has 3 rings (SSSR count). The summed E-state index contributed by atoms with van der Waals surface area (Å²) in [4.78, 5) is 27.0. The third kappa shape index (κ3) is 3.42. The summed E-state index contributed by atoms with van der Waals surface area (Å²) in [7, 11) is 0. The van der Waals surface area contributed by atoms with Crippen LogP contribution in [0.3, 0.4) is 0 Å². The summed E-state index contributed by atoms with van der Waals surface area (Å²) in [5, 5.41) is 6.66. The van der Waals surface area contributed by atoms with Gasteiger partial charge in [-0.1, -0.05) is 25.4 Å². The Labute approximate surface area is 147 Å². The normalized spacial score (nSPS) is 23.2. The molecule has 2 saturated heterocycles. The van der Waals surface area contributed by atoms with Crippen LogP contribution in [0.15, 0.2) is 18.2 Å². The highest BCUT2D eigenvalue weighted by molar-refractivity contribution is 6.34. The van der Waals surface area contributed by atoms with Gasteiger partial charge >= 0.3 is 0 Å². The Morgan fingerprint density at radius 2 is 2.00 bits per heavy atom. The van der Waals surface area contributed by atoms with Gasteiger partial charge in [0.25, 0.3) is 5.91 Å². The maximum atomic E-state index is 13.1. The van der Waals surface area contributed by atoms with Gasteiger partial charge in [-0.25, -0.2) is 0 Å². The second-order valence-corrected chi connectivity index (χ2v) is 7.34. The Balaban J connectivity index is 1.85. The van der Waals surface area contributed by atoms with Crippen LogP contribution < -0.4 is 10.6 Å². The average molecular weight is 350 g/mol. The van der Waals surface area contributed by atoms with Gasteiger partial charge in [-0.3, -0.25) is 9.59 Å². The quantitative estimate of drug-likeness (QED) is 0.882. The van der Waals surface area contributed by atoms with Crippen molar-refractivity contribution in [2.45, 2.75) is 45.2 Å². The second-order valence-electron chi connectivity index (χ2n) is 6.93. The van der Waals surface area contributed by atoms with Crippen LogP contribution in [0.5, 0.6) is 0 Å². The summed E-state index contributed by atoms with van der Waals surface area (Å²) in [5.41, 5.74) is 1.08. The minimum atomic E-state index is -0.118. The minimum Gasteiger partial charge on any atom is -0.331 e. The summed E-state index contributed by atoms with van der Waals surface area (Å²) in [5.74, 6) is -0.223. The SMILES string of the molecule is CC(C)C(=O)Nc1ccc(Cl)c(C(=O)N2C3CCNCC2CC3)c1. The topological polar surface area (TPSA) is 61.4 Å². The molecule has 2 aliphatic heterocycles. The number of carbonyl (C=O) groups excluding carboxylic acids is 2. The van der Waals surface area contributed by atoms with Crippen molar-refractivity contribution >= 4 is 29.1 Å². The molecule has 24 heavy (non-hydrogen) atoms. The van der Waals surface area contributed by atoms with E-state index in [9.17, 15) is 9.59 Å². The third-order valence-corrected chi connectivity index (χ3v) is 5.21. The van der Waals surface area contributed by atoms with Crippen molar-refractivity contribution in [3.63, 3.8) is 0 Å². The van der Waals surface area contributed by atoms with Crippen LogP contribution in [-0.4, -0.2) is 41.9 Å². The van der Waals surface area contributed by atoms with E-state index in [0.29, 0.717) is 16.3 Å². The molecule has 2 aliphatic rings. The highest BCUT2D eigenvalue weighted by atomic mass is 35.5.